The van der Waals surface area contributed by atoms with Crippen LogP contribution in [-0.2, 0) is 4.79 Å². The third kappa shape index (κ3) is 3.03. The van der Waals surface area contributed by atoms with E-state index in [0.29, 0.717) is 0 Å². The Labute approximate surface area is 96.8 Å². The first-order valence-corrected chi connectivity index (χ1v) is 5.00. The molecule has 1 atom stereocenters. The maximum atomic E-state index is 13.3. The lowest BCUT2D eigenvalue weighted by atomic mass is 9.96. The summed E-state index contributed by atoms with van der Waals surface area (Å²) in [6.07, 6.45) is -0.319. The lowest BCUT2D eigenvalue weighted by Crippen LogP contribution is -2.16. The quantitative estimate of drug-likeness (QED) is 0.829. The number of rotatable bonds is 4. The molecule has 0 fully saturated rings. The monoisotopic (exact) mass is 244 g/mol. The number of Topliss-reactive ketones (excluding diaryl/α,β-unsaturated/α-hetero) is 1. The van der Waals surface area contributed by atoms with Crippen LogP contribution < -0.4 is 0 Å². The number of hydrogen-bond acceptors (Lipinski definition) is 2. The van der Waals surface area contributed by atoms with Crippen LogP contribution in [0, 0.1) is 11.7 Å². The van der Waals surface area contributed by atoms with Crippen molar-refractivity contribution in [3.05, 3.63) is 34.6 Å². The molecule has 0 bridgehead atoms. The zero-order valence-corrected chi connectivity index (χ0v) is 9.29. The molecule has 0 spiro atoms. The van der Waals surface area contributed by atoms with E-state index in [1.165, 1.54) is 19.1 Å². The number of benzene rings is 1. The summed E-state index contributed by atoms with van der Waals surface area (Å²) in [5.74, 6) is -3.10. The van der Waals surface area contributed by atoms with Gasteiger partial charge in [0, 0.05) is 10.9 Å². The van der Waals surface area contributed by atoms with Crippen LogP contribution in [0.25, 0.3) is 0 Å². The minimum absolute atomic E-state index is 0.127. The van der Waals surface area contributed by atoms with Crippen molar-refractivity contribution in [2.45, 2.75) is 13.3 Å². The summed E-state index contributed by atoms with van der Waals surface area (Å²) in [4.78, 5) is 22.1. The van der Waals surface area contributed by atoms with E-state index in [1.54, 1.807) is 0 Å². The highest BCUT2D eigenvalue weighted by atomic mass is 35.5. The zero-order chi connectivity index (χ0) is 12.3. The number of carbonyl (C=O) groups is 2. The van der Waals surface area contributed by atoms with Crippen molar-refractivity contribution in [2.24, 2.45) is 5.92 Å². The Morgan fingerprint density at radius 3 is 2.62 bits per heavy atom. The van der Waals surface area contributed by atoms with E-state index in [4.69, 9.17) is 16.7 Å². The fourth-order valence-electron chi connectivity index (χ4n) is 1.31. The van der Waals surface area contributed by atoms with Crippen molar-refractivity contribution < 1.29 is 19.1 Å². The number of aliphatic carboxylic acids is 1. The molecule has 0 amide bonds. The Morgan fingerprint density at radius 1 is 1.50 bits per heavy atom. The zero-order valence-electron chi connectivity index (χ0n) is 8.54. The molecule has 0 aromatic heterocycles. The fourth-order valence-corrected chi connectivity index (χ4v) is 1.47. The van der Waals surface area contributed by atoms with E-state index in [0.717, 1.165) is 6.07 Å². The molecule has 1 aromatic rings. The van der Waals surface area contributed by atoms with E-state index in [2.05, 4.69) is 0 Å². The average Bonchev–Trinajstić information content (AvgIpc) is 2.15. The molecule has 86 valence electrons. The minimum Gasteiger partial charge on any atom is -0.481 e. The topological polar surface area (TPSA) is 54.4 Å². The van der Waals surface area contributed by atoms with Gasteiger partial charge in [-0.2, -0.15) is 0 Å². The molecular weight excluding hydrogens is 235 g/mol. The van der Waals surface area contributed by atoms with Crippen LogP contribution in [0.1, 0.15) is 23.7 Å². The highest BCUT2D eigenvalue weighted by Gasteiger charge is 2.21. The molecule has 0 saturated carbocycles. The van der Waals surface area contributed by atoms with E-state index in [1.807, 2.05) is 0 Å². The maximum Gasteiger partial charge on any atom is 0.304 e. The molecule has 0 heterocycles. The molecule has 0 aliphatic heterocycles. The fraction of sp³-hybridized carbons (Fsp3) is 0.273. The van der Waals surface area contributed by atoms with Gasteiger partial charge in [0.15, 0.2) is 5.78 Å². The Bertz CT molecular complexity index is 431. The van der Waals surface area contributed by atoms with Gasteiger partial charge in [-0.05, 0) is 18.2 Å². The number of ketones is 1. The van der Waals surface area contributed by atoms with Gasteiger partial charge in [0.25, 0.3) is 0 Å². The molecule has 1 aromatic carbocycles. The molecule has 0 aliphatic carbocycles. The van der Waals surface area contributed by atoms with Crippen molar-refractivity contribution in [3.8, 4) is 0 Å². The first-order chi connectivity index (χ1) is 7.41. The van der Waals surface area contributed by atoms with Gasteiger partial charge >= 0.3 is 5.97 Å². The van der Waals surface area contributed by atoms with Gasteiger partial charge in [0.1, 0.15) is 5.82 Å². The second-order valence-corrected chi connectivity index (χ2v) is 3.92. The van der Waals surface area contributed by atoms with Crippen LogP contribution in [0.5, 0.6) is 0 Å². The molecule has 1 unspecified atom stereocenters. The van der Waals surface area contributed by atoms with Crippen molar-refractivity contribution in [3.63, 3.8) is 0 Å². The van der Waals surface area contributed by atoms with Crippen molar-refractivity contribution in [1.82, 2.24) is 0 Å². The summed E-state index contributed by atoms with van der Waals surface area (Å²) in [6, 6.07) is 3.69. The molecule has 3 nitrogen and oxygen atoms in total. The van der Waals surface area contributed by atoms with E-state index in [-0.39, 0.29) is 17.0 Å². The standard InChI is InChI=1S/C11H10ClFO3/c1-6(4-10(14)15)11(16)8-3-2-7(12)5-9(8)13/h2-3,5-6H,4H2,1H3,(H,14,15). The van der Waals surface area contributed by atoms with Crippen LogP contribution in [0.3, 0.4) is 0 Å². The van der Waals surface area contributed by atoms with Crippen LogP contribution in [0.15, 0.2) is 18.2 Å². The lowest BCUT2D eigenvalue weighted by Gasteiger charge is -2.08. The van der Waals surface area contributed by atoms with Gasteiger partial charge in [-0.15, -0.1) is 0 Å². The summed E-state index contributed by atoms with van der Waals surface area (Å²) in [7, 11) is 0. The summed E-state index contributed by atoms with van der Waals surface area (Å²) < 4.78 is 13.3. The Hall–Kier alpha value is -1.42. The SMILES string of the molecule is CC(CC(=O)O)C(=O)c1ccc(Cl)cc1F. The number of hydrogen-bond donors (Lipinski definition) is 1. The lowest BCUT2D eigenvalue weighted by molar-refractivity contribution is -0.137. The van der Waals surface area contributed by atoms with Crippen LogP contribution in [0.2, 0.25) is 5.02 Å². The molecule has 1 rings (SSSR count). The molecule has 0 radical (unpaired) electrons. The highest BCUT2D eigenvalue weighted by Crippen LogP contribution is 2.19. The Morgan fingerprint density at radius 2 is 2.12 bits per heavy atom. The van der Waals surface area contributed by atoms with Crippen molar-refractivity contribution >= 4 is 23.4 Å². The average molecular weight is 245 g/mol. The third-order valence-corrected chi connectivity index (χ3v) is 2.36. The smallest absolute Gasteiger partial charge is 0.304 e. The van der Waals surface area contributed by atoms with Gasteiger partial charge in [0.05, 0.1) is 12.0 Å². The highest BCUT2D eigenvalue weighted by molar-refractivity contribution is 6.30. The molecule has 0 aliphatic rings. The normalized spacial score (nSPS) is 12.2. The van der Waals surface area contributed by atoms with Crippen molar-refractivity contribution in [1.29, 1.82) is 0 Å². The second kappa shape index (κ2) is 5.07. The molecule has 1 N–H and O–H groups in total. The second-order valence-electron chi connectivity index (χ2n) is 3.49. The number of carboxylic acids is 1. The van der Waals surface area contributed by atoms with Crippen LogP contribution in [0.4, 0.5) is 4.39 Å². The van der Waals surface area contributed by atoms with Crippen molar-refractivity contribution in [2.75, 3.05) is 0 Å². The predicted octanol–water partition coefficient (Wildman–Crippen LogP) is 2.77. The minimum atomic E-state index is -1.09. The first-order valence-electron chi connectivity index (χ1n) is 4.63. The number of halogens is 2. The van der Waals surface area contributed by atoms with E-state index >= 15 is 0 Å². The molecule has 16 heavy (non-hydrogen) atoms. The Balaban J connectivity index is 2.92. The summed E-state index contributed by atoms with van der Waals surface area (Å²) in [5, 5.41) is 8.72. The number of carbonyl (C=O) groups excluding carboxylic acids is 1. The van der Waals surface area contributed by atoms with Crippen LogP contribution in [-0.4, -0.2) is 16.9 Å². The predicted molar refractivity (Wildman–Crippen MR) is 57.2 cm³/mol. The Kier molecular flexibility index (Phi) is 4.01. The van der Waals surface area contributed by atoms with Gasteiger partial charge in [0.2, 0.25) is 0 Å². The third-order valence-electron chi connectivity index (χ3n) is 2.12. The van der Waals surface area contributed by atoms with Gasteiger partial charge < -0.3 is 5.11 Å². The molecule has 0 saturated heterocycles. The van der Waals surface area contributed by atoms with Gasteiger partial charge in [-0.25, -0.2) is 4.39 Å². The molecule has 5 heteroatoms. The van der Waals surface area contributed by atoms with Crippen LogP contribution >= 0.6 is 11.6 Å². The summed E-state index contributed by atoms with van der Waals surface area (Å²) >= 11 is 5.54. The molecular formula is C11H10ClFO3. The van der Waals surface area contributed by atoms with Gasteiger partial charge in [-0.1, -0.05) is 18.5 Å². The maximum absolute atomic E-state index is 13.3. The summed E-state index contributed by atoms with van der Waals surface area (Å²) in [6.45, 7) is 1.45. The first kappa shape index (κ1) is 12.6. The largest absolute Gasteiger partial charge is 0.481 e. The summed E-state index contributed by atoms with van der Waals surface area (Å²) in [5.41, 5.74) is -0.127. The van der Waals surface area contributed by atoms with E-state index in [9.17, 15) is 14.0 Å². The van der Waals surface area contributed by atoms with Gasteiger partial charge in [-0.3, -0.25) is 9.59 Å². The number of carboxylic acid groups (broad SMARTS) is 1. The van der Waals surface area contributed by atoms with E-state index < -0.39 is 23.5 Å².